The number of hydrogen-bond donors (Lipinski definition) is 2. The second kappa shape index (κ2) is 9.90. The summed E-state index contributed by atoms with van der Waals surface area (Å²) in [5.74, 6) is 1.44. The molecule has 2 aliphatic rings. The van der Waals surface area contributed by atoms with Gasteiger partial charge in [0.1, 0.15) is 6.61 Å². The highest BCUT2D eigenvalue weighted by Gasteiger charge is 2.38. The molecule has 0 bridgehead atoms. The van der Waals surface area contributed by atoms with Crippen LogP contribution in [0.2, 0.25) is 5.02 Å². The number of carbonyl (C=O) groups is 1. The Bertz CT molecular complexity index is 1330. The molecule has 5 nitrogen and oxygen atoms in total. The smallest absolute Gasteiger partial charge is 0.163 e. The Morgan fingerprint density at radius 1 is 0.944 bits per heavy atom. The maximum absolute atomic E-state index is 13.5. The molecule has 1 atom stereocenters. The van der Waals surface area contributed by atoms with Crippen LogP contribution in [0.15, 0.2) is 78.0 Å². The molecule has 1 aliphatic carbocycles. The highest BCUT2D eigenvalue weighted by atomic mass is 35.5. The maximum atomic E-state index is 13.5. The Balaban J connectivity index is 1.53. The summed E-state index contributed by atoms with van der Waals surface area (Å²) in [5, 5.41) is 7.87. The molecule has 0 saturated carbocycles. The molecule has 3 aromatic rings. The first-order valence-corrected chi connectivity index (χ1v) is 12.7. The second-order valence-corrected chi connectivity index (χ2v) is 10.5. The normalized spacial score (nSPS) is 18.3. The fraction of sp³-hybridized carbons (Fsp3) is 0.300. The average molecular weight is 503 g/mol. The zero-order valence-electron chi connectivity index (χ0n) is 20.9. The van der Waals surface area contributed by atoms with Crippen molar-refractivity contribution in [1.82, 2.24) is 0 Å². The summed E-state index contributed by atoms with van der Waals surface area (Å²) in [6.07, 6.45) is 1.32. The zero-order chi connectivity index (χ0) is 25.3. The van der Waals surface area contributed by atoms with Gasteiger partial charge in [-0.3, -0.25) is 4.79 Å². The van der Waals surface area contributed by atoms with Crippen molar-refractivity contribution in [2.24, 2.45) is 5.41 Å². The minimum atomic E-state index is -0.309. The number of halogens is 1. The third-order valence-corrected chi connectivity index (χ3v) is 7.03. The van der Waals surface area contributed by atoms with Gasteiger partial charge in [-0.15, -0.1) is 0 Å². The van der Waals surface area contributed by atoms with E-state index in [9.17, 15) is 4.79 Å². The van der Waals surface area contributed by atoms with Crippen molar-refractivity contribution in [1.29, 1.82) is 0 Å². The van der Waals surface area contributed by atoms with E-state index in [1.54, 1.807) is 0 Å². The van der Waals surface area contributed by atoms with E-state index < -0.39 is 0 Å². The number of Topliss-reactive ketones (excluding diaryl/α,β-unsaturated/α-hetero) is 1. The van der Waals surface area contributed by atoms with E-state index in [1.807, 2.05) is 73.7 Å². The van der Waals surface area contributed by atoms with Gasteiger partial charge in [0.15, 0.2) is 17.3 Å². The van der Waals surface area contributed by atoms with E-state index in [0.29, 0.717) is 36.2 Å². The molecule has 1 heterocycles. The van der Waals surface area contributed by atoms with E-state index in [1.165, 1.54) is 0 Å². The molecule has 3 aromatic carbocycles. The second-order valence-electron chi connectivity index (χ2n) is 10.1. The van der Waals surface area contributed by atoms with Crippen LogP contribution in [0, 0.1) is 5.41 Å². The summed E-state index contributed by atoms with van der Waals surface area (Å²) in [5.41, 5.74) is 5.46. The average Bonchev–Trinajstić information content (AvgIpc) is 3.00. The van der Waals surface area contributed by atoms with Crippen molar-refractivity contribution in [3.05, 3.63) is 94.1 Å². The van der Waals surface area contributed by atoms with Gasteiger partial charge >= 0.3 is 0 Å². The first-order valence-electron chi connectivity index (χ1n) is 12.4. The van der Waals surface area contributed by atoms with Crippen LogP contribution >= 0.6 is 11.6 Å². The van der Waals surface area contributed by atoms with Crippen LogP contribution in [0.1, 0.15) is 50.8 Å². The Hall–Kier alpha value is -3.44. The maximum Gasteiger partial charge on any atom is 0.163 e. The standard InChI is InChI=1S/C30H31ClN2O3/c1-4-35-27-15-19(13-14-26(27)36-18-20-9-5-6-10-21(20)31)29-28-24(16-30(2,3)17-25(28)34)32-22-11-7-8-12-23(22)33-29/h5-15,29,32-33H,4,16-18H2,1-3H3/t29-/m0/s1. The van der Waals surface area contributed by atoms with Crippen molar-refractivity contribution in [3.63, 3.8) is 0 Å². The van der Waals surface area contributed by atoms with E-state index in [-0.39, 0.29) is 17.2 Å². The monoisotopic (exact) mass is 502 g/mol. The van der Waals surface area contributed by atoms with Gasteiger partial charge in [0.05, 0.1) is 24.0 Å². The van der Waals surface area contributed by atoms with Gasteiger partial charge in [-0.1, -0.05) is 61.8 Å². The number of hydrogen-bond acceptors (Lipinski definition) is 5. The molecule has 0 radical (unpaired) electrons. The summed E-state index contributed by atoms with van der Waals surface area (Å²) < 4.78 is 12.1. The third kappa shape index (κ3) is 4.93. The van der Waals surface area contributed by atoms with Crippen molar-refractivity contribution in [2.45, 2.75) is 46.3 Å². The van der Waals surface area contributed by atoms with Crippen molar-refractivity contribution in [3.8, 4) is 11.5 Å². The SMILES string of the molecule is CCOc1cc([C@@H]2Nc3ccccc3NC3=C2C(=O)CC(C)(C)C3)ccc1OCc1ccccc1Cl. The molecule has 2 N–H and O–H groups in total. The Kier molecular flexibility index (Phi) is 6.67. The summed E-state index contributed by atoms with van der Waals surface area (Å²) >= 11 is 6.31. The Morgan fingerprint density at radius 2 is 1.69 bits per heavy atom. The Morgan fingerprint density at radius 3 is 2.47 bits per heavy atom. The molecule has 0 saturated heterocycles. The lowest BCUT2D eigenvalue weighted by Crippen LogP contribution is -2.31. The zero-order valence-corrected chi connectivity index (χ0v) is 21.6. The number of anilines is 2. The number of para-hydroxylation sites is 2. The lowest BCUT2D eigenvalue weighted by atomic mass is 9.73. The minimum absolute atomic E-state index is 0.0976. The number of ketones is 1. The largest absolute Gasteiger partial charge is 0.490 e. The van der Waals surface area contributed by atoms with E-state index in [2.05, 4.69) is 24.5 Å². The van der Waals surface area contributed by atoms with Crippen molar-refractivity contribution in [2.75, 3.05) is 17.2 Å². The van der Waals surface area contributed by atoms with Crippen LogP contribution in [0.5, 0.6) is 11.5 Å². The van der Waals surface area contributed by atoms with Crippen LogP contribution < -0.4 is 20.1 Å². The number of carbonyl (C=O) groups excluding carboxylic acids is 1. The van der Waals surface area contributed by atoms with Gasteiger partial charge in [0.2, 0.25) is 0 Å². The molecule has 0 amide bonds. The number of benzene rings is 3. The summed E-state index contributed by atoms with van der Waals surface area (Å²) in [4.78, 5) is 13.5. The minimum Gasteiger partial charge on any atom is -0.490 e. The molecular formula is C30H31ClN2O3. The first-order chi connectivity index (χ1) is 17.3. The lowest BCUT2D eigenvalue weighted by molar-refractivity contribution is -0.118. The van der Waals surface area contributed by atoms with Crippen molar-refractivity contribution >= 4 is 28.8 Å². The van der Waals surface area contributed by atoms with E-state index in [0.717, 1.165) is 40.2 Å². The Labute approximate surface area is 217 Å². The van der Waals surface area contributed by atoms with Gasteiger partial charge < -0.3 is 20.1 Å². The molecular weight excluding hydrogens is 472 g/mol. The molecule has 0 unspecified atom stereocenters. The van der Waals surface area contributed by atoms with Gasteiger partial charge in [-0.25, -0.2) is 0 Å². The number of rotatable bonds is 6. The molecule has 0 fully saturated rings. The van der Waals surface area contributed by atoms with Crippen LogP contribution in [0.4, 0.5) is 11.4 Å². The molecule has 5 rings (SSSR count). The predicted octanol–water partition coefficient (Wildman–Crippen LogP) is 7.54. The molecule has 1 aliphatic heterocycles. The molecule has 6 heteroatoms. The van der Waals surface area contributed by atoms with Crippen LogP contribution in [0.25, 0.3) is 0 Å². The van der Waals surface area contributed by atoms with Gasteiger partial charge in [0, 0.05) is 28.3 Å². The summed E-state index contributed by atoms with van der Waals surface area (Å²) in [7, 11) is 0. The molecule has 36 heavy (non-hydrogen) atoms. The van der Waals surface area contributed by atoms with E-state index >= 15 is 0 Å². The quantitative estimate of drug-likeness (QED) is 0.364. The fourth-order valence-corrected chi connectivity index (χ4v) is 5.19. The third-order valence-electron chi connectivity index (χ3n) is 6.66. The molecule has 0 spiro atoms. The summed E-state index contributed by atoms with van der Waals surface area (Å²) in [6.45, 7) is 7.07. The van der Waals surface area contributed by atoms with Crippen LogP contribution in [0.3, 0.4) is 0 Å². The number of ether oxygens (including phenoxy) is 2. The van der Waals surface area contributed by atoms with Gasteiger partial charge in [-0.05, 0) is 54.7 Å². The van der Waals surface area contributed by atoms with Gasteiger partial charge in [0.25, 0.3) is 0 Å². The summed E-state index contributed by atoms with van der Waals surface area (Å²) in [6, 6.07) is 21.3. The molecule has 186 valence electrons. The number of allylic oxidation sites excluding steroid dienone is 1. The number of nitrogens with one attached hydrogen (secondary N) is 2. The fourth-order valence-electron chi connectivity index (χ4n) is 5.00. The van der Waals surface area contributed by atoms with E-state index in [4.69, 9.17) is 21.1 Å². The van der Waals surface area contributed by atoms with Gasteiger partial charge in [-0.2, -0.15) is 0 Å². The highest BCUT2D eigenvalue weighted by Crippen LogP contribution is 2.46. The molecule has 0 aromatic heterocycles. The number of fused-ring (bicyclic) bond motifs is 1. The predicted molar refractivity (Wildman–Crippen MR) is 145 cm³/mol. The highest BCUT2D eigenvalue weighted by molar-refractivity contribution is 6.31. The first kappa shape index (κ1) is 24.3. The topological polar surface area (TPSA) is 59.6 Å². The lowest BCUT2D eigenvalue weighted by Gasteiger charge is -2.34. The van der Waals surface area contributed by atoms with Crippen molar-refractivity contribution < 1.29 is 14.3 Å². The van der Waals surface area contributed by atoms with Crippen LogP contribution in [-0.4, -0.2) is 12.4 Å². The van der Waals surface area contributed by atoms with Crippen LogP contribution in [-0.2, 0) is 11.4 Å².